The Morgan fingerprint density at radius 1 is 1.12 bits per heavy atom. The molecule has 3 rings (SSSR count). The van der Waals surface area contributed by atoms with Crippen molar-refractivity contribution in [2.24, 2.45) is 0 Å². The van der Waals surface area contributed by atoms with Crippen molar-refractivity contribution in [1.29, 1.82) is 0 Å². The van der Waals surface area contributed by atoms with Crippen LogP contribution in [0.2, 0.25) is 0 Å². The Labute approximate surface area is 199 Å². The summed E-state index contributed by atoms with van der Waals surface area (Å²) in [6, 6.07) is 5.93. The molecule has 0 saturated heterocycles. The number of aromatic nitrogens is 2. The molecule has 0 spiro atoms. The third-order valence-corrected chi connectivity index (χ3v) is 5.55. The Morgan fingerprint density at radius 2 is 1.76 bits per heavy atom. The lowest BCUT2D eigenvalue weighted by molar-refractivity contribution is -0.137. The summed E-state index contributed by atoms with van der Waals surface area (Å²) in [7, 11) is 3.05. The zero-order chi connectivity index (χ0) is 25.6. The van der Waals surface area contributed by atoms with Gasteiger partial charge in [0.25, 0.3) is 0 Å². The number of aromatic carboxylic acids is 1. The number of anilines is 2. The van der Waals surface area contributed by atoms with E-state index in [1.165, 1.54) is 25.6 Å². The minimum Gasteiger partial charge on any atom is -0.493 e. The molecule has 7 nitrogen and oxygen atoms in total. The number of thiazole rings is 1. The molecule has 2 aromatic heterocycles. The van der Waals surface area contributed by atoms with Gasteiger partial charge in [-0.25, -0.2) is 14.8 Å². The van der Waals surface area contributed by atoms with Crippen molar-refractivity contribution >= 4 is 28.3 Å². The van der Waals surface area contributed by atoms with E-state index in [9.17, 15) is 23.1 Å². The SMILES string of the molecule is CC.COc1ccc(-c2sc(Nc3ncc(C(F)(F)F)cc3C(=O)O)nc2C(C)C)cc1OC. The van der Waals surface area contributed by atoms with Crippen LogP contribution in [0, 0.1) is 0 Å². The zero-order valence-corrected chi connectivity index (χ0v) is 20.4. The van der Waals surface area contributed by atoms with Gasteiger partial charge in [0.1, 0.15) is 11.4 Å². The van der Waals surface area contributed by atoms with Crippen LogP contribution in [0.25, 0.3) is 10.4 Å². The fourth-order valence-corrected chi connectivity index (χ4v) is 4.06. The quantitative estimate of drug-likeness (QED) is 0.369. The van der Waals surface area contributed by atoms with Crippen molar-refractivity contribution in [3.63, 3.8) is 0 Å². The summed E-state index contributed by atoms with van der Waals surface area (Å²) in [5, 5.41) is 12.4. The van der Waals surface area contributed by atoms with E-state index in [0.29, 0.717) is 28.9 Å². The van der Waals surface area contributed by atoms with Crippen LogP contribution in [0.3, 0.4) is 0 Å². The third-order valence-electron chi connectivity index (χ3n) is 4.52. The summed E-state index contributed by atoms with van der Waals surface area (Å²) in [5.74, 6) is -0.657. The second-order valence-corrected chi connectivity index (χ2v) is 8.00. The second kappa shape index (κ2) is 11.2. The molecule has 0 unspecified atom stereocenters. The summed E-state index contributed by atoms with van der Waals surface area (Å²) < 4.78 is 49.5. The first-order valence-electron chi connectivity index (χ1n) is 10.4. The molecule has 0 aliphatic carbocycles. The molecular formula is C23H26F3N3O4S. The van der Waals surface area contributed by atoms with Crippen LogP contribution in [0.1, 0.15) is 55.2 Å². The van der Waals surface area contributed by atoms with Crippen LogP contribution in [0.4, 0.5) is 24.1 Å². The van der Waals surface area contributed by atoms with Gasteiger partial charge >= 0.3 is 12.1 Å². The van der Waals surface area contributed by atoms with Gasteiger partial charge in [-0.15, -0.1) is 0 Å². The van der Waals surface area contributed by atoms with Crippen molar-refractivity contribution in [3.8, 4) is 21.9 Å². The lowest BCUT2D eigenvalue weighted by Crippen LogP contribution is -2.11. The fourth-order valence-electron chi connectivity index (χ4n) is 2.94. The highest BCUT2D eigenvalue weighted by molar-refractivity contribution is 7.19. The standard InChI is InChI=1S/C21H20F3N3O4S.C2H6/c1-10(2)16-17(11-5-6-14(30-3)15(7-11)31-4)32-20(26-16)27-18-13(19(28)29)8-12(9-25-18)21(22,23)24;1-2/h5-10H,1-4H3,(H,28,29)(H,25,26,27);1-2H3. The molecule has 0 amide bonds. The number of carboxylic acids is 1. The number of carbonyl (C=O) groups is 1. The maximum Gasteiger partial charge on any atom is 0.417 e. The van der Waals surface area contributed by atoms with Crippen LogP contribution in [0.5, 0.6) is 11.5 Å². The molecule has 34 heavy (non-hydrogen) atoms. The summed E-state index contributed by atoms with van der Waals surface area (Å²) >= 11 is 1.22. The minimum absolute atomic E-state index is 0.0180. The number of pyridine rings is 1. The van der Waals surface area contributed by atoms with Crippen molar-refractivity contribution in [3.05, 3.63) is 47.3 Å². The third kappa shape index (κ3) is 5.96. The maximum absolute atomic E-state index is 13.0. The normalized spacial score (nSPS) is 11.0. The van der Waals surface area contributed by atoms with E-state index in [4.69, 9.17) is 9.47 Å². The van der Waals surface area contributed by atoms with Gasteiger partial charge in [-0.1, -0.05) is 39.0 Å². The van der Waals surface area contributed by atoms with Crippen LogP contribution in [-0.2, 0) is 6.18 Å². The summed E-state index contributed by atoms with van der Waals surface area (Å²) in [5.41, 5.74) is -0.216. The Kier molecular flexibility index (Phi) is 8.86. The highest BCUT2D eigenvalue weighted by Crippen LogP contribution is 2.41. The van der Waals surface area contributed by atoms with E-state index in [-0.39, 0.29) is 11.7 Å². The highest BCUT2D eigenvalue weighted by Gasteiger charge is 2.33. The molecule has 2 heterocycles. The number of hydrogen-bond donors (Lipinski definition) is 2. The largest absolute Gasteiger partial charge is 0.493 e. The highest BCUT2D eigenvalue weighted by atomic mass is 32.1. The van der Waals surface area contributed by atoms with E-state index in [1.807, 2.05) is 33.8 Å². The van der Waals surface area contributed by atoms with Crippen LogP contribution in [-0.4, -0.2) is 35.3 Å². The topological polar surface area (TPSA) is 93.6 Å². The molecule has 3 aromatic rings. The van der Waals surface area contributed by atoms with Gasteiger partial charge in [-0.3, -0.25) is 0 Å². The first kappa shape index (κ1) is 26.9. The molecule has 0 aliphatic rings. The molecule has 0 aliphatic heterocycles. The summed E-state index contributed by atoms with van der Waals surface area (Å²) in [6.45, 7) is 7.89. The maximum atomic E-state index is 13.0. The van der Waals surface area contributed by atoms with Gasteiger partial charge in [0.15, 0.2) is 16.6 Å². The Balaban J connectivity index is 0.00000199. The minimum atomic E-state index is -4.71. The van der Waals surface area contributed by atoms with E-state index in [1.54, 1.807) is 12.1 Å². The molecular weight excluding hydrogens is 471 g/mol. The number of benzene rings is 1. The number of halogens is 3. The van der Waals surface area contributed by atoms with E-state index < -0.39 is 23.3 Å². The molecule has 0 radical (unpaired) electrons. The Hall–Kier alpha value is -3.34. The lowest BCUT2D eigenvalue weighted by Gasteiger charge is -2.10. The van der Waals surface area contributed by atoms with Gasteiger partial charge in [0.2, 0.25) is 0 Å². The number of ether oxygens (including phenoxy) is 2. The first-order chi connectivity index (χ1) is 16.0. The van der Waals surface area contributed by atoms with Gasteiger partial charge < -0.3 is 19.9 Å². The number of nitrogens with zero attached hydrogens (tertiary/aromatic N) is 2. The Bertz CT molecular complexity index is 1150. The van der Waals surface area contributed by atoms with Crippen LogP contribution >= 0.6 is 11.3 Å². The second-order valence-electron chi connectivity index (χ2n) is 7.01. The predicted molar refractivity (Wildman–Crippen MR) is 126 cm³/mol. The Morgan fingerprint density at radius 3 is 2.29 bits per heavy atom. The van der Waals surface area contributed by atoms with Crippen molar-refractivity contribution in [2.45, 2.75) is 39.8 Å². The molecule has 0 fully saturated rings. The van der Waals surface area contributed by atoms with Crippen molar-refractivity contribution < 1.29 is 32.5 Å². The van der Waals surface area contributed by atoms with Gasteiger partial charge in [-0.05, 0) is 35.7 Å². The van der Waals surface area contributed by atoms with E-state index >= 15 is 0 Å². The number of methoxy groups -OCH3 is 2. The average molecular weight is 498 g/mol. The lowest BCUT2D eigenvalue weighted by atomic mass is 10.0. The predicted octanol–water partition coefficient (Wildman–Crippen LogP) is 6.83. The molecule has 0 atom stereocenters. The van der Waals surface area contributed by atoms with Gasteiger partial charge in [0.05, 0.1) is 30.4 Å². The van der Waals surface area contributed by atoms with Crippen molar-refractivity contribution in [1.82, 2.24) is 9.97 Å². The number of rotatable bonds is 7. The van der Waals surface area contributed by atoms with E-state index in [2.05, 4.69) is 15.3 Å². The van der Waals surface area contributed by atoms with Gasteiger partial charge in [-0.2, -0.15) is 13.2 Å². The summed E-state index contributed by atoms with van der Waals surface area (Å²) in [4.78, 5) is 20.5. The van der Waals surface area contributed by atoms with Gasteiger partial charge in [0, 0.05) is 6.20 Å². The van der Waals surface area contributed by atoms with Crippen LogP contribution in [0.15, 0.2) is 30.5 Å². The molecule has 1 aromatic carbocycles. The smallest absolute Gasteiger partial charge is 0.417 e. The first-order valence-corrected chi connectivity index (χ1v) is 11.2. The molecule has 184 valence electrons. The molecule has 2 N–H and O–H groups in total. The summed E-state index contributed by atoms with van der Waals surface area (Å²) in [6.07, 6.45) is -4.12. The monoisotopic (exact) mass is 497 g/mol. The zero-order valence-electron chi connectivity index (χ0n) is 19.6. The van der Waals surface area contributed by atoms with E-state index in [0.717, 1.165) is 16.1 Å². The fraction of sp³-hybridized carbons (Fsp3) is 0.348. The number of nitrogens with one attached hydrogen (secondary N) is 1. The van der Waals surface area contributed by atoms with Crippen LogP contribution < -0.4 is 14.8 Å². The average Bonchev–Trinajstić information content (AvgIpc) is 3.23. The number of carboxylic acid groups (broad SMARTS) is 1. The van der Waals surface area contributed by atoms with Crippen molar-refractivity contribution in [2.75, 3.05) is 19.5 Å². The molecule has 0 saturated carbocycles. The number of alkyl halides is 3. The molecule has 0 bridgehead atoms. The molecule has 11 heteroatoms. The number of hydrogen-bond acceptors (Lipinski definition) is 7.